The van der Waals surface area contributed by atoms with Crippen molar-refractivity contribution < 1.29 is 9.53 Å². The van der Waals surface area contributed by atoms with Crippen LogP contribution in [0.2, 0.25) is 0 Å². The summed E-state index contributed by atoms with van der Waals surface area (Å²) in [5.74, 6) is 0.0972. The molecule has 0 radical (unpaired) electrons. The first-order chi connectivity index (χ1) is 8.83. The second-order valence-electron chi connectivity index (χ2n) is 4.96. The highest BCUT2D eigenvalue weighted by atomic mass is 16.5. The maximum Gasteiger partial charge on any atom is 0.242 e. The normalized spacial score (nSPS) is 26.2. The van der Waals surface area contributed by atoms with Crippen molar-refractivity contribution in [3.63, 3.8) is 0 Å². The van der Waals surface area contributed by atoms with Gasteiger partial charge in [0.15, 0.2) is 0 Å². The number of rotatable bonds is 2. The molecule has 0 saturated carbocycles. The van der Waals surface area contributed by atoms with E-state index in [0.29, 0.717) is 6.61 Å². The van der Waals surface area contributed by atoms with Crippen LogP contribution in [0.4, 0.5) is 5.69 Å². The van der Waals surface area contributed by atoms with Crippen molar-refractivity contribution in [3.8, 4) is 0 Å². The van der Waals surface area contributed by atoms with Crippen molar-refractivity contribution >= 4 is 11.6 Å². The van der Waals surface area contributed by atoms with E-state index in [-0.39, 0.29) is 18.0 Å². The lowest BCUT2D eigenvalue weighted by atomic mass is 9.97. The van der Waals surface area contributed by atoms with Crippen LogP contribution in [0.1, 0.15) is 18.4 Å². The molecule has 2 N–H and O–H groups in total. The molecule has 96 valence electrons. The number of carbonyl (C=O) groups is 1. The van der Waals surface area contributed by atoms with Crippen molar-refractivity contribution in [2.24, 2.45) is 0 Å². The lowest BCUT2D eigenvalue weighted by molar-refractivity contribution is -0.122. The van der Waals surface area contributed by atoms with Gasteiger partial charge in [0, 0.05) is 12.3 Å². The summed E-state index contributed by atoms with van der Waals surface area (Å²) >= 11 is 0. The number of ether oxygens (including phenoxy) is 1. The number of aryl methyl sites for hydroxylation is 1. The highest BCUT2D eigenvalue weighted by Gasteiger charge is 2.26. The van der Waals surface area contributed by atoms with E-state index in [1.807, 2.05) is 18.2 Å². The van der Waals surface area contributed by atoms with E-state index in [4.69, 9.17) is 4.74 Å². The third-order valence-corrected chi connectivity index (χ3v) is 3.64. The van der Waals surface area contributed by atoms with E-state index >= 15 is 0 Å². The van der Waals surface area contributed by atoms with E-state index in [2.05, 4.69) is 16.7 Å². The Morgan fingerprint density at radius 3 is 3.06 bits per heavy atom. The fraction of sp³-hybridized carbons (Fsp3) is 0.500. The Morgan fingerprint density at radius 1 is 1.33 bits per heavy atom. The molecule has 2 aliphatic heterocycles. The number of carbonyl (C=O) groups excluding carboxylic acids is 1. The van der Waals surface area contributed by atoms with Gasteiger partial charge in [-0.25, -0.2) is 0 Å². The minimum atomic E-state index is -0.111. The number of hydrogen-bond acceptors (Lipinski definition) is 3. The molecule has 2 unspecified atom stereocenters. The molecule has 2 heterocycles. The van der Waals surface area contributed by atoms with E-state index in [1.54, 1.807) is 0 Å². The summed E-state index contributed by atoms with van der Waals surface area (Å²) in [6, 6.07) is 8.26. The highest BCUT2D eigenvalue weighted by Crippen LogP contribution is 2.24. The average molecular weight is 246 g/mol. The first-order valence-corrected chi connectivity index (χ1v) is 6.55. The molecule has 0 aliphatic carbocycles. The Labute approximate surface area is 107 Å². The van der Waals surface area contributed by atoms with Crippen LogP contribution in [0.25, 0.3) is 0 Å². The predicted molar refractivity (Wildman–Crippen MR) is 69.5 cm³/mol. The molecule has 4 nitrogen and oxygen atoms in total. The number of benzene rings is 1. The van der Waals surface area contributed by atoms with Crippen LogP contribution in [0.5, 0.6) is 0 Å². The van der Waals surface area contributed by atoms with Crippen LogP contribution in [0.3, 0.4) is 0 Å². The molecule has 2 atom stereocenters. The van der Waals surface area contributed by atoms with Gasteiger partial charge in [-0.1, -0.05) is 18.2 Å². The maximum atomic E-state index is 12.1. The molecule has 0 aromatic heterocycles. The van der Waals surface area contributed by atoms with Crippen LogP contribution in [0, 0.1) is 0 Å². The van der Waals surface area contributed by atoms with E-state index in [9.17, 15) is 4.79 Å². The summed E-state index contributed by atoms with van der Waals surface area (Å²) in [7, 11) is 0. The quantitative estimate of drug-likeness (QED) is 0.827. The maximum absolute atomic E-state index is 12.1. The molecule has 1 aromatic carbocycles. The molecule has 0 bridgehead atoms. The van der Waals surface area contributed by atoms with Crippen LogP contribution in [-0.4, -0.2) is 31.2 Å². The van der Waals surface area contributed by atoms with Crippen LogP contribution in [0.15, 0.2) is 24.3 Å². The lowest BCUT2D eigenvalue weighted by Gasteiger charge is -2.27. The average Bonchev–Trinajstić information content (AvgIpc) is 2.91. The van der Waals surface area contributed by atoms with Crippen molar-refractivity contribution in [1.29, 1.82) is 0 Å². The molecule has 1 aromatic rings. The summed E-state index contributed by atoms with van der Waals surface area (Å²) in [5, 5.41) is 6.37. The van der Waals surface area contributed by atoms with Crippen molar-refractivity contribution in [2.45, 2.75) is 31.3 Å². The number of fused-ring (bicyclic) bond motifs is 1. The first-order valence-electron chi connectivity index (χ1n) is 6.55. The summed E-state index contributed by atoms with van der Waals surface area (Å²) in [6.45, 7) is 1.40. The highest BCUT2D eigenvalue weighted by molar-refractivity contribution is 5.85. The summed E-state index contributed by atoms with van der Waals surface area (Å²) in [6.07, 6.45) is 2.74. The van der Waals surface area contributed by atoms with E-state index in [1.165, 1.54) is 5.56 Å². The summed E-state index contributed by atoms with van der Waals surface area (Å²) < 4.78 is 5.27. The topological polar surface area (TPSA) is 50.4 Å². The second-order valence-corrected chi connectivity index (χ2v) is 4.96. The number of hydrogen-bond donors (Lipinski definition) is 2. The lowest BCUT2D eigenvalue weighted by Crippen LogP contribution is -2.46. The molecule has 1 amide bonds. The zero-order valence-corrected chi connectivity index (χ0v) is 10.3. The fourth-order valence-electron chi connectivity index (χ4n) is 2.59. The molecule has 18 heavy (non-hydrogen) atoms. The van der Waals surface area contributed by atoms with Gasteiger partial charge in [-0.15, -0.1) is 0 Å². The van der Waals surface area contributed by atoms with Crippen LogP contribution >= 0.6 is 0 Å². The van der Waals surface area contributed by atoms with Gasteiger partial charge >= 0.3 is 0 Å². The summed E-state index contributed by atoms with van der Waals surface area (Å²) in [5.41, 5.74) is 2.39. The monoisotopic (exact) mass is 246 g/mol. The van der Waals surface area contributed by atoms with Gasteiger partial charge in [-0.2, -0.15) is 0 Å². The fourth-order valence-corrected chi connectivity index (χ4v) is 2.59. The van der Waals surface area contributed by atoms with Gasteiger partial charge in [0.25, 0.3) is 0 Å². The molecular weight excluding hydrogens is 228 g/mol. The van der Waals surface area contributed by atoms with E-state index in [0.717, 1.165) is 31.6 Å². The van der Waals surface area contributed by atoms with Crippen LogP contribution < -0.4 is 10.6 Å². The Balaban J connectivity index is 1.62. The van der Waals surface area contributed by atoms with Gasteiger partial charge in [0.1, 0.15) is 6.04 Å². The van der Waals surface area contributed by atoms with Gasteiger partial charge in [0.2, 0.25) is 5.91 Å². The van der Waals surface area contributed by atoms with Crippen molar-refractivity contribution in [2.75, 3.05) is 18.5 Å². The third-order valence-electron chi connectivity index (χ3n) is 3.64. The smallest absolute Gasteiger partial charge is 0.242 e. The van der Waals surface area contributed by atoms with Crippen molar-refractivity contribution in [3.05, 3.63) is 29.8 Å². The number of amides is 1. The van der Waals surface area contributed by atoms with Gasteiger partial charge in [-0.3, -0.25) is 4.79 Å². The Bertz CT molecular complexity index is 441. The molecule has 2 aliphatic rings. The minimum absolute atomic E-state index is 0.0972. The SMILES string of the molecule is O=C(NC1CCOC1)C1CCc2ccccc2N1. The Kier molecular flexibility index (Phi) is 3.19. The zero-order valence-electron chi connectivity index (χ0n) is 10.3. The largest absolute Gasteiger partial charge is 0.379 e. The Morgan fingerprint density at radius 2 is 2.22 bits per heavy atom. The number of anilines is 1. The van der Waals surface area contributed by atoms with Crippen molar-refractivity contribution in [1.82, 2.24) is 5.32 Å². The van der Waals surface area contributed by atoms with Crippen LogP contribution in [-0.2, 0) is 16.0 Å². The summed E-state index contributed by atoms with van der Waals surface area (Å²) in [4.78, 5) is 12.1. The van der Waals surface area contributed by atoms with Gasteiger partial charge in [-0.05, 0) is 30.9 Å². The third kappa shape index (κ3) is 2.34. The predicted octanol–water partition coefficient (Wildman–Crippen LogP) is 1.32. The molecule has 1 saturated heterocycles. The molecule has 3 rings (SSSR count). The van der Waals surface area contributed by atoms with Gasteiger partial charge < -0.3 is 15.4 Å². The molecule has 4 heteroatoms. The number of nitrogens with one attached hydrogen (secondary N) is 2. The Hall–Kier alpha value is -1.55. The molecule has 1 fully saturated rings. The standard InChI is InChI=1S/C14H18N2O2/c17-14(15-11-7-8-18-9-11)13-6-5-10-3-1-2-4-12(10)16-13/h1-4,11,13,16H,5-9H2,(H,15,17). The zero-order chi connectivity index (χ0) is 12.4. The molecular formula is C14H18N2O2. The van der Waals surface area contributed by atoms with Gasteiger partial charge in [0.05, 0.1) is 12.6 Å². The minimum Gasteiger partial charge on any atom is -0.379 e. The molecule has 0 spiro atoms. The number of para-hydroxylation sites is 1. The second kappa shape index (κ2) is 4.98. The first kappa shape index (κ1) is 11.5. The van der Waals surface area contributed by atoms with E-state index < -0.39 is 0 Å².